The maximum absolute atomic E-state index is 12.3. The summed E-state index contributed by atoms with van der Waals surface area (Å²) in [7, 11) is 0. The van der Waals surface area contributed by atoms with Crippen molar-refractivity contribution >= 4 is 11.6 Å². The standard InChI is InChI=1S/C21H26F6O2/c1-15-13-17(18(28)14-19(29)21(25,26)27)11-10-16(15)9-7-5-3-2-4-6-8-12-20(22,23)24/h10-11,13H,2-9,12,14H2,1H3. The van der Waals surface area contributed by atoms with Crippen LogP contribution in [0.3, 0.4) is 0 Å². The summed E-state index contributed by atoms with van der Waals surface area (Å²) in [5, 5.41) is 0. The molecule has 0 atom stereocenters. The highest BCUT2D eigenvalue weighted by atomic mass is 19.4. The molecular formula is C21H26F6O2. The quantitative estimate of drug-likeness (QED) is 0.158. The summed E-state index contributed by atoms with van der Waals surface area (Å²) in [5.41, 5.74) is 1.85. The molecule has 0 saturated carbocycles. The van der Waals surface area contributed by atoms with Crippen molar-refractivity contribution in [3.63, 3.8) is 0 Å². The molecule has 0 aliphatic rings. The molecule has 0 radical (unpaired) electrons. The number of halogens is 6. The minimum atomic E-state index is -5.01. The van der Waals surface area contributed by atoms with Crippen molar-refractivity contribution in [1.82, 2.24) is 0 Å². The summed E-state index contributed by atoms with van der Waals surface area (Å²) in [4.78, 5) is 22.8. The van der Waals surface area contributed by atoms with Crippen molar-refractivity contribution in [1.29, 1.82) is 0 Å². The number of unbranched alkanes of at least 4 members (excludes halogenated alkanes) is 6. The molecule has 1 aromatic rings. The van der Waals surface area contributed by atoms with Gasteiger partial charge in [0.2, 0.25) is 5.78 Å². The number of carbonyl (C=O) groups excluding carboxylic acids is 2. The predicted octanol–water partition coefficient (Wildman–Crippen LogP) is 6.92. The van der Waals surface area contributed by atoms with E-state index in [4.69, 9.17) is 0 Å². The molecule has 0 unspecified atom stereocenters. The van der Waals surface area contributed by atoms with Crippen LogP contribution in [0.1, 0.15) is 79.3 Å². The molecule has 0 saturated heterocycles. The third-order valence-corrected chi connectivity index (χ3v) is 4.71. The van der Waals surface area contributed by atoms with Crippen LogP contribution in [0.15, 0.2) is 18.2 Å². The zero-order valence-corrected chi connectivity index (χ0v) is 16.4. The fourth-order valence-corrected chi connectivity index (χ4v) is 3.02. The van der Waals surface area contributed by atoms with Crippen molar-refractivity contribution in [2.24, 2.45) is 0 Å². The molecule has 164 valence electrons. The van der Waals surface area contributed by atoms with Gasteiger partial charge in [-0.15, -0.1) is 0 Å². The van der Waals surface area contributed by atoms with Crippen molar-refractivity contribution in [3.05, 3.63) is 34.9 Å². The first-order valence-electron chi connectivity index (χ1n) is 9.69. The van der Waals surface area contributed by atoms with Crippen LogP contribution in [0.25, 0.3) is 0 Å². The topological polar surface area (TPSA) is 34.1 Å². The summed E-state index contributed by atoms with van der Waals surface area (Å²) >= 11 is 0. The van der Waals surface area contributed by atoms with Gasteiger partial charge in [0, 0.05) is 12.0 Å². The number of carbonyl (C=O) groups is 2. The minimum Gasteiger partial charge on any atom is -0.294 e. The second-order valence-electron chi connectivity index (χ2n) is 7.25. The Bertz CT molecular complexity index is 677. The van der Waals surface area contributed by atoms with Crippen LogP contribution in [-0.2, 0) is 11.2 Å². The van der Waals surface area contributed by atoms with Gasteiger partial charge in [0.05, 0.1) is 6.42 Å². The molecule has 1 aromatic carbocycles. The third kappa shape index (κ3) is 10.5. The number of hydrogen-bond donors (Lipinski definition) is 0. The molecule has 8 heteroatoms. The molecule has 0 amide bonds. The van der Waals surface area contributed by atoms with Gasteiger partial charge in [-0.3, -0.25) is 9.59 Å². The minimum absolute atomic E-state index is 0.0858. The van der Waals surface area contributed by atoms with Crippen LogP contribution in [0.4, 0.5) is 26.3 Å². The van der Waals surface area contributed by atoms with Gasteiger partial charge in [-0.2, -0.15) is 26.3 Å². The number of hydrogen-bond acceptors (Lipinski definition) is 2. The van der Waals surface area contributed by atoms with Crippen LogP contribution in [-0.4, -0.2) is 23.9 Å². The Morgan fingerprint density at radius 1 is 0.828 bits per heavy atom. The Labute approximate surface area is 166 Å². The van der Waals surface area contributed by atoms with E-state index in [1.165, 1.54) is 12.1 Å². The third-order valence-electron chi connectivity index (χ3n) is 4.71. The lowest BCUT2D eigenvalue weighted by Gasteiger charge is -2.09. The van der Waals surface area contributed by atoms with E-state index in [1.54, 1.807) is 13.0 Å². The fourth-order valence-electron chi connectivity index (χ4n) is 3.02. The van der Waals surface area contributed by atoms with Crippen LogP contribution in [0.2, 0.25) is 0 Å². The lowest BCUT2D eigenvalue weighted by molar-refractivity contribution is -0.170. The number of Topliss-reactive ketones (excluding diaryl/α,β-unsaturated/α-hetero) is 2. The van der Waals surface area contributed by atoms with E-state index in [2.05, 4.69) is 0 Å². The Kier molecular flexibility index (Phi) is 9.86. The normalized spacial score (nSPS) is 12.2. The maximum Gasteiger partial charge on any atom is 0.450 e. The Morgan fingerprint density at radius 3 is 1.90 bits per heavy atom. The number of ketones is 2. The lowest BCUT2D eigenvalue weighted by Crippen LogP contribution is -2.25. The highest BCUT2D eigenvalue weighted by molar-refractivity contribution is 6.09. The highest BCUT2D eigenvalue weighted by Crippen LogP contribution is 2.24. The number of rotatable bonds is 12. The molecule has 0 aliphatic carbocycles. The van der Waals surface area contributed by atoms with E-state index in [-0.39, 0.29) is 12.0 Å². The molecule has 0 heterocycles. The van der Waals surface area contributed by atoms with Crippen LogP contribution in [0, 0.1) is 6.92 Å². The molecular weight excluding hydrogens is 398 g/mol. The summed E-state index contributed by atoms with van der Waals surface area (Å²) in [6, 6.07) is 4.63. The van der Waals surface area contributed by atoms with Crippen molar-refractivity contribution < 1.29 is 35.9 Å². The SMILES string of the molecule is Cc1cc(C(=O)CC(=O)C(F)(F)F)ccc1CCCCCCCCCC(F)(F)F. The van der Waals surface area contributed by atoms with Crippen LogP contribution < -0.4 is 0 Å². The highest BCUT2D eigenvalue weighted by Gasteiger charge is 2.39. The van der Waals surface area contributed by atoms with Crippen molar-refractivity contribution in [3.8, 4) is 0 Å². The van der Waals surface area contributed by atoms with Gasteiger partial charge in [0.25, 0.3) is 0 Å². The van der Waals surface area contributed by atoms with Gasteiger partial charge in [-0.1, -0.05) is 44.2 Å². The second kappa shape index (κ2) is 11.4. The maximum atomic E-state index is 12.3. The van der Waals surface area contributed by atoms with E-state index < -0.39 is 36.8 Å². The molecule has 0 fully saturated rings. The smallest absolute Gasteiger partial charge is 0.294 e. The first kappa shape index (κ1) is 25.2. The summed E-state index contributed by atoms with van der Waals surface area (Å²) in [6.45, 7) is 1.76. The average Bonchev–Trinajstić information content (AvgIpc) is 2.59. The summed E-state index contributed by atoms with van der Waals surface area (Å²) in [5.74, 6) is -2.91. The van der Waals surface area contributed by atoms with E-state index in [9.17, 15) is 35.9 Å². The monoisotopic (exact) mass is 424 g/mol. The summed E-state index contributed by atoms with van der Waals surface area (Å²) < 4.78 is 72.8. The van der Waals surface area contributed by atoms with Gasteiger partial charge < -0.3 is 0 Å². The number of alkyl halides is 6. The van der Waals surface area contributed by atoms with Gasteiger partial charge in [-0.25, -0.2) is 0 Å². The van der Waals surface area contributed by atoms with Crippen LogP contribution in [0.5, 0.6) is 0 Å². The zero-order chi connectivity index (χ0) is 22.1. The molecule has 0 spiro atoms. The predicted molar refractivity (Wildman–Crippen MR) is 97.9 cm³/mol. The fraction of sp³-hybridized carbons (Fsp3) is 0.619. The second-order valence-corrected chi connectivity index (χ2v) is 7.25. The largest absolute Gasteiger partial charge is 0.450 e. The van der Waals surface area contributed by atoms with Crippen molar-refractivity contribution in [2.45, 2.75) is 83.5 Å². The summed E-state index contributed by atoms with van der Waals surface area (Å²) in [6.07, 6.45) is -5.11. The van der Waals surface area contributed by atoms with E-state index >= 15 is 0 Å². The van der Waals surface area contributed by atoms with E-state index in [1.807, 2.05) is 0 Å². The molecule has 2 nitrogen and oxygen atoms in total. The lowest BCUT2D eigenvalue weighted by atomic mass is 9.96. The molecule has 29 heavy (non-hydrogen) atoms. The van der Waals surface area contributed by atoms with Crippen LogP contribution >= 0.6 is 0 Å². The van der Waals surface area contributed by atoms with Crippen molar-refractivity contribution in [2.75, 3.05) is 0 Å². The number of benzene rings is 1. The van der Waals surface area contributed by atoms with E-state index in [0.717, 1.165) is 49.7 Å². The first-order chi connectivity index (χ1) is 13.4. The molecule has 0 bridgehead atoms. The molecule has 0 aliphatic heterocycles. The average molecular weight is 424 g/mol. The van der Waals surface area contributed by atoms with Gasteiger partial charge in [0.15, 0.2) is 5.78 Å². The molecule has 0 aromatic heterocycles. The van der Waals surface area contributed by atoms with Gasteiger partial charge >= 0.3 is 12.4 Å². The van der Waals surface area contributed by atoms with E-state index in [0.29, 0.717) is 6.42 Å². The molecule has 0 N–H and O–H groups in total. The number of aryl methyl sites for hydroxylation is 2. The molecule has 1 rings (SSSR count). The Morgan fingerprint density at radius 2 is 1.38 bits per heavy atom. The van der Waals surface area contributed by atoms with Gasteiger partial charge in [0.1, 0.15) is 0 Å². The Balaban J connectivity index is 2.31. The van der Waals surface area contributed by atoms with Gasteiger partial charge in [-0.05, 0) is 43.4 Å². The zero-order valence-electron chi connectivity index (χ0n) is 16.4. The first-order valence-corrected chi connectivity index (χ1v) is 9.69. The Hall–Kier alpha value is -1.86.